The third kappa shape index (κ3) is 2.89. The molecule has 0 radical (unpaired) electrons. The SMILES string of the molecule is CC(C)c1nc(C[C@@H]2CC[C@](C)(NC(=O)O)C2(C)C)no1. The van der Waals surface area contributed by atoms with Crippen LogP contribution in [-0.4, -0.2) is 26.9 Å². The molecule has 0 aliphatic heterocycles. The first-order valence-electron chi connectivity index (χ1n) is 7.49. The highest BCUT2D eigenvalue weighted by Gasteiger charge is 2.52. The summed E-state index contributed by atoms with van der Waals surface area (Å²) < 4.78 is 5.25. The fourth-order valence-corrected chi connectivity index (χ4v) is 3.22. The molecule has 0 unspecified atom stereocenters. The molecule has 0 spiro atoms. The van der Waals surface area contributed by atoms with E-state index in [0.717, 1.165) is 25.1 Å². The van der Waals surface area contributed by atoms with Gasteiger partial charge >= 0.3 is 6.09 Å². The second-order valence-electron chi connectivity index (χ2n) is 7.13. The number of nitrogens with one attached hydrogen (secondary N) is 1. The van der Waals surface area contributed by atoms with E-state index in [2.05, 4.69) is 29.3 Å². The lowest BCUT2D eigenvalue weighted by atomic mass is 9.70. The first kappa shape index (κ1) is 15.8. The van der Waals surface area contributed by atoms with Gasteiger partial charge in [-0.3, -0.25) is 0 Å². The predicted octanol–water partition coefficient (Wildman–Crippen LogP) is 3.20. The molecule has 1 heterocycles. The highest BCUT2D eigenvalue weighted by atomic mass is 16.5. The van der Waals surface area contributed by atoms with E-state index in [1.165, 1.54) is 0 Å². The summed E-state index contributed by atoms with van der Waals surface area (Å²) in [7, 11) is 0. The summed E-state index contributed by atoms with van der Waals surface area (Å²) in [6.45, 7) is 10.3. The highest BCUT2D eigenvalue weighted by Crippen LogP contribution is 2.51. The Kier molecular flexibility index (Phi) is 4.00. The number of aromatic nitrogens is 2. The largest absolute Gasteiger partial charge is 0.465 e. The van der Waals surface area contributed by atoms with Crippen molar-refractivity contribution in [2.24, 2.45) is 11.3 Å². The van der Waals surface area contributed by atoms with Crippen LogP contribution in [-0.2, 0) is 6.42 Å². The summed E-state index contributed by atoms with van der Waals surface area (Å²) >= 11 is 0. The van der Waals surface area contributed by atoms with Crippen LogP contribution in [0.15, 0.2) is 4.52 Å². The van der Waals surface area contributed by atoms with Crippen LogP contribution in [0.2, 0.25) is 0 Å². The van der Waals surface area contributed by atoms with Gasteiger partial charge in [0.1, 0.15) is 0 Å². The lowest BCUT2D eigenvalue weighted by Crippen LogP contribution is -2.54. The van der Waals surface area contributed by atoms with Gasteiger partial charge in [0.25, 0.3) is 0 Å². The Morgan fingerprint density at radius 2 is 2.14 bits per heavy atom. The molecule has 118 valence electrons. The summed E-state index contributed by atoms with van der Waals surface area (Å²) in [6.07, 6.45) is 1.54. The number of rotatable bonds is 4. The van der Waals surface area contributed by atoms with Crippen LogP contribution in [0.25, 0.3) is 0 Å². The summed E-state index contributed by atoms with van der Waals surface area (Å²) in [4.78, 5) is 15.5. The van der Waals surface area contributed by atoms with Crippen molar-refractivity contribution < 1.29 is 14.4 Å². The molecule has 21 heavy (non-hydrogen) atoms. The molecule has 2 rings (SSSR count). The molecule has 0 aromatic carbocycles. The van der Waals surface area contributed by atoms with Crippen LogP contribution in [0.1, 0.15) is 65.1 Å². The molecule has 1 aromatic rings. The Balaban J connectivity index is 2.12. The standard InChI is InChI=1S/C15H25N3O3/c1-9(2)12-16-11(18-21-12)8-10-6-7-15(5,14(10,3)4)17-13(19)20/h9-10,17H,6-8H2,1-5H3,(H,19,20)/t10-,15-/m0/s1. The first-order valence-corrected chi connectivity index (χ1v) is 7.49. The first-order chi connectivity index (χ1) is 9.65. The Hall–Kier alpha value is -1.59. The third-order valence-electron chi connectivity index (χ3n) is 5.23. The molecule has 1 fully saturated rings. The Morgan fingerprint density at radius 1 is 1.48 bits per heavy atom. The molecule has 1 saturated carbocycles. The lowest BCUT2D eigenvalue weighted by Gasteiger charge is -2.41. The van der Waals surface area contributed by atoms with E-state index < -0.39 is 11.6 Å². The molecular formula is C15H25N3O3. The monoisotopic (exact) mass is 295 g/mol. The summed E-state index contributed by atoms with van der Waals surface area (Å²) in [5.74, 6) is 1.93. The van der Waals surface area contributed by atoms with Crippen LogP contribution in [0.3, 0.4) is 0 Å². The van der Waals surface area contributed by atoms with Gasteiger partial charge in [-0.1, -0.05) is 32.9 Å². The summed E-state index contributed by atoms with van der Waals surface area (Å²) in [5.41, 5.74) is -0.585. The minimum atomic E-state index is -0.965. The Bertz CT molecular complexity index is 524. The predicted molar refractivity (Wildman–Crippen MR) is 78.2 cm³/mol. The second kappa shape index (κ2) is 5.31. The molecule has 0 saturated heterocycles. The van der Waals surface area contributed by atoms with Crippen molar-refractivity contribution in [2.75, 3.05) is 0 Å². The lowest BCUT2D eigenvalue weighted by molar-refractivity contribution is 0.114. The van der Waals surface area contributed by atoms with Gasteiger partial charge in [-0.25, -0.2) is 4.79 Å². The maximum Gasteiger partial charge on any atom is 0.405 e. The Labute approximate surface area is 125 Å². The van der Waals surface area contributed by atoms with Gasteiger partial charge in [-0.15, -0.1) is 0 Å². The zero-order chi connectivity index (χ0) is 15.8. The van der Waals surface area contributed by atoms with Crippen molar-refractivity contribution in [3.63, 3.8) is 0 Å². The summed E-state index contributed by atoms with van der Waals surface area (Å²) in [6, 6.07) is 0. The maximum absolute atomic E-state index is 11.0. The number of carbonyl (C=O) groups is 1. The number of nitrogens with zero attached hydrogens (tertiary/aromatic N) is 2. The van der Waals surface area contributed by atoms with Crippen molar-refractivity contribution in [1.29, 1.82) is 0 Å². The van der Waals surface area contributed by atoms with E-state index in [1.54, 1.807) is 0 Å². The normalized spacial score (nSPS) is 28.0. The molecule has 2 atom stereocenters. The molecule has 6 heteroatoms. The van der Waals surface area contributed by atoms with Crippen molar-refractivity contribution in [2.45, 2.75) is 65.3 Å². The molecule has 0 bridgehead atoms. The van der Waals surface area contributed by atoms with Crippen LogP contribution >= 0.6 is 0 Å². The van der Waals surface area contributed by atoms with Gasteiger partial charge in [0.05, 0.1) is 0 Å². The van der Waals surface area contributed by atoms with E-state index in [9.17, 15) is 4.79 Å². The van der Waals surface area contributed by atoms with E-state index >= 15 is 0 Å². The summed E-state index contributed by atoms with van der Waals surface area (Å²) in [5, 5.41) is 15.8. The van der Waals surface area contributed by atoms with Gasteiger partial charge in [0.15, 0.2) is 5.82 Å². The minimum absolute atomic E-state index is 0.163. The number of carboxylic acid groups (broad SMARTS) is 1. The topological polar surface area (TPSA) is 88.2 Å². The molecule has 1 aromatic heterocycles. The van der Waals surface area contributed by atoms with E-state index in [4.69, 9.17) is 9.63 Å². The zero-order valence-electron chi connectivity index (χ0n) is 13.4. The maximum atomic E-state index is 11.0. The number of amides is 1. The average molecular weight is 295 g/mol. The molecule has 1 aliphatic carbocycles. The van der Waals surface area contributed by atoms with Crippen molar-refractivity contribution in [3.05, 3.63) is 11.7 Å². The zero-order valence-corrected chi connectivity index (χ0v) is 13.4. The van der Waals surface area contributed by atoms with Crippen LogP contribution in [0.5, 0.6) is 0 Å². The van der Waals surface area contributed by atoms with E-state index in [-0.39, 0.29) is 11.3 Å². The van der Waals surface area contributed by atoms with Gasteiger partial charge in [0.2, 0.25) is 5.89 Å². The van der Waals surface area contributed by atoms with Gasteiger partial charge in [-0.2, -0.15) is 4.98 Å². The van der Waals surface area contributed by atoms with Gasteiger partial charge < -0.3 is 14.9 Å². The number of hydrogen-bond donors (Lipinski definition) is 2. The minimum Gasteiger partial charge on any atom is -0.465 e. The molecular weight excluding hydrogens is 270 g/mol. The van der Waals surface area contributed by atoms with Crippen molar-refractivity contribution in [3.8, 4) is 0 Å². The van der Waals surface area contributed by atoms with Crippen LogP contribution in [0.4, 0.5) is 4.79 Å². The highest BCUT2D eigenvalue weighted by molar-refractivity contribution is 5.66. The molecule has 6 nitrogen and oxygen atoms in total. The average Bonchev–Trinajstić information content (AvgIpc) is 2.88. The fraction of sp³-hybridized carbons (Fsp3) is 0.800. The van der Waals surface area contributed by atoms with E-state index in [1.807, 2.05) is 20.8 Å². The Morgan fingerprint density at radius 3 is 2.67 bits per heavy atom. The van der Waals surface area contributed by atoms with Crippen LogP contribution in [0, 0.1) is 11.3 Å². The van der Waals surface area contributed by atoms with Crippen molar-refractivity contribution in [1.82, 2.24) is 15.5 Å². The second-order valence-corrected chi connectivity index (χ2v) is 7.13. The molecule has 1 aliphatic rings. The fourth-order valence-electron chi connectivity index (χ4n) is 3.22. The quantitative estimate of drug-likeness (QED) is 0.890. The van der Waals surface area contributed by atoms with Crippen LogP contribution < -0.4 is 5.32 Å². The van der Waals surface area contributed by atoms with E-state index in [0.29, 0.717) is 11.8 Å². The van der Waals surface area contributed by atoms with Gasteiger partial charge in [-0.05, 0) is 31.1 Å². The number of hydrogen-bond acceptors (Lipinski definition) is 4. The molecule has 1 amide bonds. The third-order valence-corrected chi connectivity index (χ3v) is 5.23. The van der Waals surface area contributed by atoms with Crippen molar-refractivity contribution >= 4 is 6.09 Å². The van der Waals surface area contributed by atoms with Gasteiger partial charge in [0, 0.05) is 17.9 Å². The smallest absolute Gasteiger partial charge is 0.405 e. The molecule has 2 N–H and O–H groups in total.